The summed E-state index contributed by atoms with van der Waals surface area (Å²) in [5.74, 6) is -0.170. The highest BCUT2D eigenvalue weighted by atomic mass is 32.2. The average Bonchev–Trinajstić information content (AvgIpc) is 2.93. The van der Waals surface area contributed by atoms with Crippen molar-refractivity contribution in [3.63, 3.8) is 0 Å². The van der Waals surface area contributed by atoms with E-state index in [4.69, 9.17) is 4.74 Å². The van der Waals surface area contributed by atoms with E-state index in [0.717, 1.165) is 36.9 Å². The molecule has 0 saturated heterocycles. The van der Waals surface area contributed by atoms with Crippen LogP contribution in [0.15, 0.2) is 5.16 Å². The Kier molecular flexibility index (Phi) is 7.10. The Bertz CT molecular complexity index is 890. The van der Waals surface area contributed by atoms with Crippen LogP contribution in [0, 0.1) is 13.8 Å². The molecule has 0 bridgehead atoms. The summed E-state index contributed by atoms with van der Waals surface area (Å²) < 4.78 is 7.05. The van der Waals surface area contributed by atoms with Gasteiger partial charge in [-0.15, -0.1) is 5.10 Å². The van der Waals surface area contributed by atoms with Crippen molar-refractivity contribution in [3.05, 3.63) is 17.0 Å². The van der Waals surface area contributed by atoms with E-state index < -0.39 is 12.1 Å². The molecular weight excluding hydrogens is 390 g/mol. The smallest absolute Gasteiger partial charge is 0.311 e. The zero-order valence-electron chi connectivity index (χ0n) is 17.5. The number of fused-ring (bicyclic) bond motifs is 1. The van der Waals surface area contributed by atoms with Gasteiger partial charge in [0.15, 0.2) is 6.10 Å². The van der Waals surface area contributed by atoms with Crippen molar-refractivity contribution < 1.29 is 14.3 Å². The standard InChI is InChI=1S/C20H29N5O3S/c1-12-16(13(2)25-19(21-12)23-20(24-25)29-4)11-17(26)28-14(3)18(27)22-15-9-7-5-6-8-10-15/h14-15H,5-11H2,1-4H3,(H,22,27)/t14-/m0/s1. The van der Waals surface area contributed by atoms with Gasteiger partial charge in [0.2, 0.25) is 5.16 Å². The molecule has 8 nitrogen and oxygen atoms in total. The molecule has 1 atom stereocenters. The minimum absolute atomic E-state index is 0.0378. The summed E-state index contributed by atoms with van der Waals surface area (Å²) in [4.78, 5) is 33.7. The molecule has 1 aliphatic rings. The molecule has 29 heavy (non-hydrogen) atoms. The molecule has 1 saturated carbocycles. The first-order chi connectivity index (χ1) is 13.9. The van der Waals surface area contributed by atoms with Crippen molar-refractivity contribution in [2.24, 2.45) is 0 Å². The number of rotatable bonds is 6. The summed E-state index contributed by atoms with van der Waals surface area (Å²) in [6, 6.07) is 0.181. The first-order valence-electron chi connectivity index (χ1n) is 10.2. The van der Waals surface area contributed by atoms with Gasteiger partial charge < -0.3 is 10.1 Å². The molecule has 0 radical (unpaired) electrons. The molecule has 9 heteroatoms. The summed E-state index contributed by atoms with van der Waals surface area (Å²) in [5.41, 5.74) is 2.26. The van der Waals surface area contributed by atoms with Crippen LogP contribution in [0.3, 0.4) is 0 Å². The van der Waals surface area contributed by atoms with Crippen molar-refractivity contribution in [2.75, 3.05) is 6.26 Å². The van der Waals surface area contributed by atoms with E-state index in [2.05, 4.69) is 20.4 Å². The summed E-state index contributed by atoms with van der Waals surface area (Å²) in [5, 5.41) is 8.05. The number of esters is 1. The van der Waals surface area contributed by atoms with Crippen molar-refractivity contribution in [3.8, 4) is 0 Å². The molecular formula is C20H29N5O3S. The largest absolute Gasteiger partial charge is 0.452 e. The van der Waals surface area contributed by atoms with Crippen LogP contribution in [-0.2, 0) is 20.7 Å². The molecule has 3 rings (SSSR count). The number of carbonyl (C=O) groups is 2. The Hall–Kier alpha value is -2.16. The van der Waals surface area contributed by atoms with Crippen LogP contribution in [0.5, 0.6) is 0 Å². The number of amides is 1. The fourth-order valence-corrected chi connectivity index (χ4v) is 4.05. The van der Waals surface area contributed by atoms with E-state index in [1.165, 1.54) is 24.6 Å². The quantitative estimate of drug-likeness (QED) is 0.437. The highest BCUT2D eigenvalue weighted by Gasteiger charge is 2.23. The van der Waals surface area contributed by atoms with Gasteiger partial charge >= 0.3 is 5.97 Å². The molecule has 1 amide bonds. The third-order valence-electron chi connectivity index (χ3n) is 5.41. The van der Waals surface area contributed by atoms with E-state index in [0.29, 0.717) is 16.6 Å². The summed E-state index contributed by atoms with van der Waals surface area (Å²) in [7, 11) is 0. The first kappa shape index (κ1) is 21.5. The number of hydrogen-bond donors (Lipinski definition) is 1. The number of aromatic nitrogens is 4. The summed E-state index contributed by atoms with van der Waals surface area (Å²) in [6.07, 6.45) is 7.81. The van der Waals surface area contributed by atoms with Crippen molar-refractivity contribution >= 4 is 29.4 Å². The normalized spacial score (nSPS) is 16.4. The maximum absolute atomic E-state index is 12.5. The van der Waals surface area contributed by atoms with E-state index in [-0.39, 0.29) is 18.4 Å². The van der Waals surface area contributed by atoms with Crippen LogP contribution in [-0.4, -0.2) is 49.9 Å². The number of aryl methyl sites for hydroxylation is 2. The molecule has 158 valence electrons. The Morgan fingerprint density at radius 3 is 2.55 bits per heavy atom. The van der Waals surface area contributed by atoms with E-state index in [1.54, 1.807) is 11.4 Å². The van der Waals surface area contributed by atoms with Crippen LogP contribution in [0.1, 0.15) is 62.4 Å². The Balaban J connectivity index is 1.63. The molecule has 2 heterocycles. The van der Waals surface area contributed by atoms with E-state index >= 15 is 0 Å². The lowest BCUT2D eigenvalue weighted by atomic mass is 10.1. The number of hydrogen-bond acceptors (Lipinski definition) is 7. The topological polar surface area (TPSA) is 98.5 Å². The number of nitrogens with zero attached hydrogens (tertiary/aromatic N) is 4. The zero-order chi connectivity index (χ0) is 21.0. The molecule has 1 fully saturated rings. The molecule has 0 aromatic carbocycles. The number of nitrogens with one attached hydrogen (secondary N) is 1. The number of thioether (sulfide) groups is 1. The predicted molar refractivity (Wildman–Crippen MR) is 111 cm³/mol. The van der Waals surface area contributed by atoms with Crippen LogP contribution in [0.25, 0.3) is 5.78 Å². The second-order valence-corrected chi connectivity index (χ2v) is 8.35. The van der Waals surface area contributed by atoms with Gasteiger partial charge in [-0.25, -0.2) is 9.50 Å². The molecule has 1 N–H and O–H groups in total. The SMILES string of the molecule is CSc1nc2nc(C)c(CC(=O)O[C@@H](C)C(=O)NC3CCCCCC3)c(C)n2n1. The first-order valence-corrected chi connectivity index (χ1v) is 11.4. The van der Waals surface area contributed by atoms with Gasteiger partial charge in [-0.2, -0.15) is 4.98 Å². The predicted octanol–water partition coefficient (Wildman–Crippen LogP) is 2.78. The maximum atomic E-state index is 12.5. The van der Waals surface area contributed by atoms with Crippen LogP contribution in [0.2, 0.25) is 0 Å². The molecule has 1 aliphatic carbocycles. The van der Waals surface area contributed by atoms with Crippen molar-refractivity contribution in [1.29, 1.82) is 0 Å². The van der Waals surface area contributed by atoms with Gasteiger partial charge in [0, 0.05) is 23.0 Å². The van der Waals surface area contributed by atoms with Gasteiger partial charge in [-0.3, -0.25) is 9.59 Å². The fraction of sp³-hybridized carbons (Fsp3) is 0.650. The molecule has 0 spiro atoms. The van der Waals surface area contributed by atoms with Gasteiger partial charge in [-0.05, 0) is 39.9 Å². The van der Waals surface area contributed by atoms with Crippen LogP contribution < -0.4 is 5.32 Å². The summed E-state index contributed by atoms with van der Waals surface area (Å²) in [6.45, 7) is 5.34. The summed E-state index contributed by atoms with van der Waals surface area (Å²) >= 11 is 1.44. The van der Waals surface area contributed by atoms with Crippen LogP contribution >= 0.6 is 11.8 Å². The minimum atomic E-state index is -0.822. The van der Waals surface area contributed by atoms with Gasteiger partial charge in [0.1, 0.15) is 0 Å². The maximum Gasteiger partial charge on any atom is 0.311 e. The van der Waals surface area contributed by atoms with Gasteiger partial charge in [0.05, 0.1) is 6.42 Å². The second kappa shape index (κ2) is 9.56. The second-order valence-electron chi connectivity index (χ2n) is 7.58. The number of ether oxygens (including phenoxy) is 1. The molecule has 2 aromatic rings. The van der Waals surface area contributed by atoms with Gasteiger partial charge in [0.25, 0.3) is 11.7 Å². The van der Waals surface area contributed by atoms with E-state index in [1.807, 2.05) is 20.1 Å². The van der Waals surface area contributed by atoms with Crippen molar-refractivity contribution in [1.82, 2.24) is 24.9 Å². The molecule has 0 aliphatic heterocycles. The third kappa shape index (κ3) is 5.26. The average molecular weight is 420 g/mol. The zero-order valence-corrected chi connectivity index (χ0v) is 18.3. The van der Waals surface area contributed by atoms with Crippen molar-refractivity contribution in [2.45, 2.75) is 83.0 Å². The Labute approximate surface area is 175 Å². The lowest BCUT2D eigenvalue weighted by molar-refractivity contribution is -0.154. The highest BCUT2D eigenvalue weighted by molar-refractivity contribution is 7.98. The Morgan fingerprint density at radius 2 is 1.90 bits per heavy atom. The lowest BCUT2D eigenvalue weighted by Gasteiger charge is -2.20. The lowest BCUT2D eigenvalue weighted by Crippen LogP contribution is -2.42. The van der Waals surface area contributed by atoms with Crippen LogP contribution in [0.4, 0.5) is 0 Å². The van der Waals surface area contributed by atoms with Gasteiger partial charge in [-0.1, -0.05) is 37.4 Å². The monoisotopic (exact) mass is 419 g/mol. The van der Waals surface area contributed by atoms with E-state index in [9.17, 15) is 9.59 Å². The molecule has 0 unspecified atom stereocenters. The minimum Gasteiger partial charge on any atom is -0.452 e. The molecule has 2 aromatic heterocycles. The number of carbonyl (C=O) groups excluding carboxylic acids is 2. The third-order valence-corrected chi connectivity index (χ3v) is 5.95. The fourth-order valence-electron chi connectivity index (χ4n) is 3.71. The highest BCUT2D eigenvalue weighted by Crippen LogP contribution is 2.19. The Morgan fingerprint density at radius 1 is 1.21 bits per heavy atom.